The Morgan fingerprint density at radius 1 is 1.33 bits per heavy atom. The molecule has 2 aromatic rings. The average Bonchev–Trinajstić information content (AvgIpc) is 2.75. The number of rotatable bonds is 4. The highest BCUT2D eigenvalue weighted by molar-refractivity contribution is 7.80. The molecule has 0 spiro atoms. The van der Waals surface area contributed by atoms with E-state index in [4.69, 9.17) is 18.0 Å². The first-order valence-corrected chi connectivity index (χ1v) is 5.78. The molecule has 6 nitrogen and oxygen atoms in total. The van der Waals surface area contributed by atoms with Gasteiger partial charge in [0.15, 0.2) is 5.82 Å². The minimum absolute atomic E-state index is 0.241. The van der Waals surface area contributed by atoms with Crippen molar-refractivity contribution in [3.05, 3.63) is 36.3 Å². The maximum Gasteiger partial charge on any atom is 0.157 e. The Bertz CT molecular complexity index is 564. The number of aryl methyl sites for hydroxylation is 1. The van der Waals surface area contributed by atoms with E-state index >= 15 is 0 Å². The van der Waals surface area contributed by atoms with Crippen molar-refractivity contribution in [1.29, 1.82) is 0 Å². The molecule has 0 atom stereocenters. The van der Waals surface area contributed by atoms with Gasteiger partial charge >= 0.3 is 0 Å². The molecule has 0 saturated carbocycles. The molecule has 94 valence electrons. The molecule has 18 heavy (non-hydrogen) atoms. The Labute approximate surface area is 110 Å². The highest BCUT2D eigenvalue weighted by Gasteiger charge is 2.13. The summed E-state index contributed by atoms with van der Waals surface area (Å²) in [4.78, 5) is 14.8. The number of nitrogens with zero attached hydrogens (tertiary/aromatic N) is 5. The van der Waals surface area contributed by atoms with E-state index < -0.39 is 0 Å². The first-order valence-electron chi connectivity index (χ1n) is 5.37. The molecule has 7 heteroatoms. The maximum atomic E-state index is 5.64. The molecule has 0 saturated heterocycles. The van der Waals surface area contributed by atoms with Crippen LogP contribution in [-0.4, -0.2) is 31.6 Å². The predicted octanol–water partition coefficient (Wildman–Crippen LogP) is 0.481. The third kappa shape index (κ3) is 2.45. The molecule has 0 aliphatic rings. The quantitative estimate of drug-likeness (QED) is 0.808. The van der Waals surface area contributed by atoms with E-state index in [0.29, 0.717) is 18.1 Å². The number of hydrogen-bond acceptors (Lipinski definition) is 5. The number of aromatic nitrogens is 4. The predicted molar refractivity (Wildman–Crippen MR) is 73.2 cm³/mol. The van der Waals surface area contributed by atoms with Crippen LogP contribution in [0.15, 0.2) is 24.8 Å². The Kier molecular flexibility index (Phi) is 3.52. The average molecular weight is 262 g/mol. The van der Waals surface area contributed by atoms with E-state index in [2.05, 4.69) is 15.0 Å². The summed E-state index contributed by atoms with van der Waals surface area (Å²) in [5.74, 6) is 1.59. The van der Waals surface area contributed by atoms with Gasteiger partial charge in [-0.15, -0.1) is 0 Å². The summed E-state index contributed by atoms with van der Waals surface area (Å²) >= 11 is 4.97. The zero-order valence-electron chi connectivity index (χ0n) is 10.2. The van der Waals surface area contributed by atoms with Crippen LogP contribution < -0.4 is 10.6 Å². The molecule has 0 amide bonds. The van der Waals surface area contributed by atoms with Gasteiger partial charge in [0.2, 0.25) is 0 Å². The summed E-state index contributed by atoms with van der Waals surface area (Å²) < 4.78 is 1.95. The van der Waals surface area contributed by atoms with Crippen molar-refractivity contribution in [3.8, 4) is 0 Å². The van der Waals surface area contributed by atoms with Crippen LogP contribution in [0.4, 0.5) is 5.82 Å². The van der Waals surface area contributed by atoms with E-state index in [1.54, 1.807) is 18.6 Å². The fourth-order valence-corrected chi connectivity index (χ4v) is 1.76. The van der Waals surface area contributed by atoms with Crippen LogP contribution in [0.2, 0.25) is 0 Å². The summed E-state index contributed by atoms with van der Waals surface area (Å²) in [5.41, 5.74) is 6.17. The van der Waals surface area contributed by atoms with Crippen molar-refractivity contribution in [2.24, 2.45) is 12.8 Å². The second kappa shape index (κ2) is 5.09. The van der Waals surface area contributed by atoms with Gasteiger partial charge in [0.25, 0.3) is 0 Å². The largest absolute Gasteiger partial charge is 0.388 e. The van der Waals surface area contributed by atoms with Crippen molar-refractivity contribution in [1.82, 2.24) is 19.5 Å². The summed E-state index contributed by atoms with van der Waals surface area (Å²) in [5, 5.41) is 0. The van der Waals surface area contributed by atoms with Crippen molar-refractivity contribution >= 4 is 23.0 Å². The minimum atomic E-state index is 0.241. The van der Waals surface area contributed by atoms with Crippen LogP contribution in [0.5, 0.6) is 0 Å². The molecule has 0 radical (unpaired) electrons. The molecule has 0 unspecified atom stereocenters. The molecule has 0 aliphatic carbocycles. The van der Waals surface area contributed by atoms with Gasteiger partial charge in [-0.3, -0.25) is 0 Å². The summed E-state index contributed by atoms with van der Waals surface area (Å²) in [6.07, 6.45) is 6.85. The second-order valence-electron chi connectivity index (χ2n) is 3.90. The number of thiocarbonyl (C=S) groups is 1. The molecular weight excluding hydrogens is 248 g/mol. The van der Waals surface area contributed by atoms with Crippen molar-refractivity contribution < 1.29 is 0 Å². The Hall–Kier alpha value is -2.02. The van der Waals surface area contributed by atoms with Gasteiger partial charge in [-0.25, -0.2) is 15.0 Å². The zero-order valence-corrected chi connectivity index (χ0v) is 11.1. The molecule has 2 N–H and O–H groups in total. The summed E-state index contributed by atoms with van der Waals surface area (Å²) in [6.45, 7) is 0.609. The first kappa shape index (κ1) is 12.4. The Morgan fingerprint density at radius 2 is 2.06 bits per heavy atom. The summed E-state index contributed by atoms with van der Waals surface area (Å²) in [6, 6.07) is 0. The van der Waals surface area contributed by atoms with Gasteiger partial charge in [0.1, 0.15) is 16.5 Å². The van der Waals surface area contributed by atoms with E-state index in [-0.39, 0.29) is 4.99 Å². The van der Waals surface area contributed by atoms with Gasteiger partial charge < -0.3 is 15.2 Å². The molecular formula is C11H14N6S. The van der Waals surface area contributed by atoms with E-state index in [1.807, 2.05) is 29.8 Å². The van der Waals surface area contributed by atoms with Gasteiger partial charge in [-0.1, -0.05) is 12.2 Å². The lowest BCUT2D eigenvalue weighted by Crippen LogP contribution is -2.25. The van der Waals surface area contributed by atoms with E-state index in [0.717, 1.165) is 5.82 Å². The first-order chi connectivity index (χ1) is 8.59. The second-order valence-corrected chi connectivity index (χ2v) is 4.34. The third-order valence-corrected chi connectivity index (χ3v) is 2.77. The molecule has 0 aliphatic heterocycles. The Balaban J connectivity index is 2.26. The molecule has 2 heterocycles. The molecule has 2 aromatic heterocycles. The molecule has 0 fully saturated rings. The van der Waals surface area contributed by atoms with Crippen LogP contribution in [0.25, 0.3) is 0 Å². The highest BCUT2D eigenvalue weighted by Crippen LogP contribution is 2.15. The lowest BCUT2D eigenvalue weighted by atomic mass is 10.3. The lowest BCUT2D eigenvalue weighted by molar-refractivity contribution is 0.753. The Morgan fingerprint density at radius 3 is 2.67 bits per heavy atom. The number of imidazole rings is 1. The standard InChI is InChI=1S/C11H14N6S/c1-16-6-5-13-8(16)7-17(2)11-9(10(12)18)14-3-4-15-11/h3-6H,7H2,1-2H3,(H2,12,18). The zero-order chi connectivity index (χ0) is 13.1. The maximum absolute atomic E-state index is 5.64. The normalized spacial score (nSPS) is 10.3. The number of nitrogens with two attached hydrogens (primary N) is 1. The van der Waals surface area contributed by atoms with Crippen LogP contribution in [0.3, 0.4) is 0 Å². The van der Waals surface area contributed by atoms with Gasteiger partial charge in [-0.2, -0.15) is 0 Å². The van der Waals surface area contributed by atoms with E-state index in [1.165, 1.54) is 0 Å². The fourth-order valence-electron chi connectivity index (χ4n) is 1.62. The lowest BCUT2D eigenvalue weighted by Gasteiger charge is -2.19. The van der Waals surface area contributed by atoms with Crippen LogP contribution >= 0.6 is 12.2 Å². The van der Waals surface area contributed by atoms with Crippen LogP contribution in [0.1, 0.15) is 11.5 Å². The SMILES string of the molecule is CN(Cc1nccn1C)c1nccnc1C(N)=S. The summed E-state index contributed by atoms with van der Waals surface area (Å²) in [7, 11) is 3.85. The van der Waals surface area contributed by atoms with Crippen LogP contribution in [-0.2, 0) is 13.6 Å². The van der Waals surface area contributed by atoms with Gasteiger partial charge in [0.05, 0.1) is 6.54 Å². The minimum Gasteiger partial charge on any atom is -0.388 e. The van der Waals surface area contributed by atoms with Crippen molar-refractivity contribution in [2.75, 3.05) is 11.9 Å². The fraction of sp³-hybridized carbons (Fsp3) is 0.273. The molecule has 0 aromatic carbocycles. The van der Waals surface area contributed by atoms with Gasteiger partial charge in [0, 0.05) is 38.9 Å². The van der Waals surface area contributed by atoms with Crippen molar-refractivity contribution in [2.45, 2.75) is 6.54 Å². The topological polar surface area (TPSA) is 72.9 Å². The smallest absolute Gasteiger partial charge is 0.157 e. The molecule has 2 rings (SSSR count). The molecule has 0 bridgehead atoms. The van der Waals surface area contributed by atoms with E-state index in [9.17, 15) is 0 Å². The highest BCUT2D eigenvalue weighted by atomic mass is 32.1. The monoisotopic (exact) mass is 262 g/mol. The number of hydrogen-bond donors (Lipinski definition) is 1. The number of anilines is 1. The van der Waals surface area contributed by atoms with Crippen molar-refractivity contribution in [3.63, 3.8) is 0 Å². The van der Waals surface area contributed by atoms with Gasteiger partial charge in [-0.05, 0) is 0 Å². The third-order valence-electron chi connectivity index (χ3n) is 2.57. The van der Waals surface area contributed by atoms with Crippen LogP contribution in [0, 0.1) is 0 Å².